The van der Waals surface area contributed by atoms with Crippen molar-refractivity contribution in [3.63, 3.8) is 0 Å². The minimum Gasteiger partial charge on any atom is -0.368 e. The Kier molecular flexibility index (Phi) is 5.65. The van der Waals surface area contributed by atoms with Gasteiger partial charge in [-0.15, -0.1) is 0 Å². The second kappa shape index (κ2) is 8.31. The van der Waals surface area contributed by atoms with E-state index in [0.717, 1.165) is 5.69 Å². The fourth-order valence-corrected chi connectivity index (χ4v) is 2.99. The number of rotatable bonds is 4. The first kappa shape index (κ1) is 19.0. The summed E-state index contributed by atoms with van der Waals surface area (Å²) in [5.41, 5.74) is 1.45. The Morgan fingerprint density at radius 3 is 2.21 bits per heavy atom. The number of nitro benzene ring substituents is 1. The number of amides is 1. The monoisotopic (exact) mass is 380 g/mol. The number of halogens is 1. The van der Waals surface area contributed by atoms with Gasteiger partial charge in [0.1, 0.15) is 17.5 Å². The number of piperazine rings is 1. The molecule has 0 atom stereocenters. The van der Waals surface area contributed by atoms with Gasteiger partial charge in [0.25, 0.3) is 11.6 Å². The van der Waals surface area contributed by atoms with Gasteiger partial charge in [-0.1, -0.05) is 12.1 Å². The van der Waals surface area contributed by atoms with Crippen LogP contribution in [0, 0.1) is 27.3 Å². The first-order chi connectivity index (χ1) is 13.5. The molecule has 0 N–H and O–H groups in total. The van der Waals surface area contributed by atoms with Crippen LogP contribution in [0.25, 0.3) is 6.08 Å². The van der Waals surface area contributed by atoms with Crippen molar-refractivity contribution >= 4 is 23.4 Å². The van der Waals surface area contributed by atoms with Crippen LogP contribution in [0.15, 0.2) is 54.1 Å². The number of anilines is 1. The highest BCUT2D eigenvalue weighted by Gasteiger charge is 2.24. The number of carbonyl (C=O) groups excluding carboxylic acids is 1. The van der Waals surface area contributed by atoms with Crippen molar-refractivity contribution in [3.05, 3.63) is 75.6 Å². The molecule has 0 bridgehead atoms. The normalized spacial score (nSPS) is 14.5. The van der Waals surface area contributed by atoms with Crippen LogP contribution in [0.5, 0.6) is 0 Å². The molecule has 0 radical (unpaired) electrons. The van der Waals surface area contributed by atoms with Gasteiger partial charge in [-0.3, -0.25) is 14.9 Å². The van der Waals surface area contributed by atoms with Gasteiger partial charge in [-0.05, 0) is 35.9 Å². The molecule has 2 aromatic rings. The molecule has 1 saturated heterocycles. The topological polar surface area (TPSA) is 90.5 Å². The number of nitro groups is 1. The van der Waals surface area contributed by atoms with E-state index >= 15 is 0 Å². The summed E-state index contributed by atoms with van der Waals surface area (Å²) in [6.07, 6.45) is 1.45. The smallest absolute Gasteiger partial charge is 0.269 e. The summed E-state index contributed by atoms with van der Waals surface area (Å²) in [5.74, 6) is -0.750. The molecule has 8 heteroatoms. The van der Waals surface area contributed by atoms with E-state index < -0.39 is 4.92 Å². The zero-order valence-electron chi connectivity index (χ0n) is 14.9. The van der Waals surface area contributed by atoms with Crippen molar-refractivity contribution < 1.29 is 14.1 Å². The predicted molar refractivity (Wildman–Crippen MR) is 102 cm³/mol. The molecular formula is C20H17FN4O3. The molecule has 1 heterocycles. The van der Waals surface area contributed by atoms with Gasteiger partial charge < -0.3 is 9.80 Å². The molecule has 1 amide bonds. The second-order valence-electron chi connectivity index (χ2n) is 6.27. The highest BCUT2D eigenvalue weighted by molar-refractivity contribution is 6.01. The summed E-state index contributed by atoms with van der Waals surface area (Å²) in [6, 6.07) is 13.7. The van der Waals surface area contributed by atoms with Crippen LogP contribution in [0.1, 0.15) is 5.56 Å². The Balaban J connectivity index is 1.64. The molecule has 1 fully saturated rings. The molecular weight excluding hydrogens is 363 g/mol. The molecule has 142 valence electrons. The number of hydrogen-bond donors (Lipinski definition) is 0. The molecule has 1 aliphatic heterocycles. The van der Waals surface area contributed by atoms with Gasteiger partial charge in [-0.2, -0.15) is 5.26 Å². The summed E-state index contributed by atoms with van der Waals surface area (Å²) in [5, 5.41) is 20.1. The SMILES string of the molecule is N#C/C(=C\c1ccc(F)cc1)C(=O)N1CCN(c2ccc([N+](=O)[O-])cc2)CC1. The average Bonchev–Trinajstić information content (AvgIpc) is 2.73. The van der Waals surface area contributed by atoms with Crippen LogP contribution in [-0.2, 0) is 4.79 Å². The van der Waals surface area contributed by atoms with E-state index in [0.29, 0.717) is 31.7 Å². The number of nitriles is 1. The lowest BCUT2D eigenvalue weighted by atomic mass is 10.1. The van der Waals surface area contributed by atoms with Crippen LogP contribution in [0.3, 0.4) is 0 Å². The van der Waals surface area contributed by atoms with Gasteiger partial charge >= 0.3 is 0 Å². The first-order valence-corrected chi connectivity index (χ1v) is 8.64. The van der Waals surface area contributed by atoms with Gasteiger partial charge in [0.2, 0.25) is 0 Å². The van der Waals surface area contributed by atoms with Gasteiger partial charge in [0.05, 0.1) is 4.92 Å². The fourth-order valence-electron chi connectivity index (χ4n) is 2.99. The first-order valence-electron chi connectivity index (χ1n) is 8.64. The third kappa shape index (κ3) is 4.32. The van der Waals surface area contributed by atoms with E-state index in [9.17, 15) is 24.6 Å². The van der Waals surface area contributed by atoms with Crippen molar-refractivity contribution in [3.8, 4) is 6.07 Å². The molecule has 0 unspecified atom stereocenters. The highest BCUT2D eigenvalue weighted by atomic mass is 19.1. The molecule has 0 aliphatic carbocycles. The molecule has 3 rings (SSSR count). The summed E-state index contributed by atoms with van der Waals surface area (Å²) >= 11 is 0. The van der Waals surface area contributed by atoms with E-state index in [4.69, 9.17) is 0 Å². The zero-order chi connectivity index (χ0) is 20.1. The number of benzene rings is 2. The minimum absolute atomic E-state index is 0.00426. The molecule has 1 aliphatic rings. The summed E-state index contributed by atoms with van der Waals surface area (Å²) < 4.78 is 13.0. The molecule has 2 aromatic carbocycles. The number of hydrogen-bond acceptors (Lipinski definition) is 5. The number of non-ortho nitro benzene ring substituents is 1. The molecule has 28 heavy (non-hydrogen) atoms. The number of nitrogens with zero attached hydrogens (tertiary/aromatic N) is 4. The summed E-state index contributed by atoms with van der Waals surface area (Å²) in [7, 11) is 0. The maximum Gasteiger partial charge on any atom is 0.269 e. The van der Waals surface area contributed by atoms with Crippen LogP contribution in [0.2, 0.25) is 0 Å². The number of carbonyl (C=O) groups is 1. The van der Waals surface area contributed by atoms with E-state index in [2.05, 4.69) is 0 Å². The van der Waals surface area contributed by atoms with Crippen molar-refractivity contribution in [1.29, 1.82) is 5.26 Å². The van der Waals surface area contributed by atoms with E-state index in [-0.39, 0.29) is 23.0 Å². The second-order valence-corrected chi connectivity index (χ2v) is 6.27. The van der Waals surface area contributed by atoms with Crippen LogP contribution in [0.4, 0.5) is 15.8 Å². The van der Waals surface area contributed by atoms with Gasteiger partial charge in [-0.25, -0.2) is 4.39 Å². The quantitative estimate of drug-likeness (QED) is 0.352. The molecule has 0 spiro atoms. The van der Waals surface area contributed by atoms with Crippen LogP contribution < -0.4 is 4.90 Å². The largest absolute Gasteiger partial charge is 0.368 e. The summed E-state index contributed by atoms with van der Waals surface area (Å²) in [4.78, 5) is 26.6. The van der Waals surface area contributed by atoms with Crippen molar-refractivity contribution in [2.75, 3.05) is 31.1 Å². The Hall–Kier alpha value is -3.73. The van der Waals surface area contributed by atoms with Crippen molar-refractivity contribution in [2.24, 2.45) is 0 Å². The van der Waals surface area contributed by atoms with E-state index in [1.165, 1.54) is 42.5 Å². The Morgan fingerprint density at radius 1 is 1.07 bits per heavy atom. The minimum atomic E-state index is -0.447. The highest BCUT2D eigenvalue weighted by Crippen LogP contribution is 2.21. The Morgan fingerprint density at radius 2 is 1.68 bits per heavy atom. The third-order valence-corrected chi connectivity index (χ3v) is 4.52. The van der Waals surface area contributed by atoms with Crippen molar-refractivity contribution in [1.82, 2.24) is 4.90 Å². The lowest BCUT2D eigenvalue weighted by Gasteiger charge is -2.36. The van der Waals surface area contributed by atoms with E-state index in [1.54, 1.807) is 17.0 Å². The lowest BCUT2D eigenvalue weighted by molar-refractivity contribution is -0.384. The molecule has 0 saturated carbocycles. The maximum absolute atomic E-state index is 13.0. The average molecular weight is 380 g/mol. The van der Waals surface area contributed by atoms with Gasteiger partial charge in [0, 0.05) is 44.0 Å². The fraction of sp³-hybridized carbons (Fsp3) is 0.200. The molecule has 0 aromatic heterocycles. The van der Waals surface area contributed by atoms with E-state index in [1.807, 2.05) is 11.0 Å². The lowest BCUT2D eigenvalue weighted by Crippen LogP contribution is -2.49. The zero-order valence-corrected chi connectivity index (χ0v) is 14.9. The Labute approximate surface area is 161 Å². The standard InChI is InChI=1S/C20H17FN4O3/c21-17-3-1-15(2-4-17)13-16(14-22)20(26)24-11-9-23(10-12-24)18-5-7-19(8-6-18)25(27)28/h1-8,13H,9-12H2/b16-13+. The summed E-state index contributed by atoms with van der Waals surface area (Å²) in [6.45, 7) is 1.97. The maximum atomic E-state index is 13.0. The van der Waals surface area contributed by atoms with Crippen LogP contribution >= 0.6 is 0 Å². The van der Waals surface area contributed by atoms with Crippen molar-refractivity contribution in [2.45, 2.75) is 0 Å². The third-order valence-electron chi connectivity index (χ3n) is 4.52. The molecule has 7 nitrogen and oxygen atoms in total. The van der Waals surface area contributed by atoms with Crippen LogP contribution in [-0.4, -0.2) is 41.9 Å². The predicted octanol–water partition coefficient (Wildman–Crippen LogP) is 2.99. The Bertz CT molecular complexity index is 941. The van der Waals surface area contributed by atoms with Gasteiger partial charge in [0.15, 0.2) is 0 Å².